The van der Waals surface area contributed by atoms with E-state index in [0.29, 0.717) is 6.61 Å². The van der Waals surface area contributed by atoms with Gasteiger partial charge in [0.1, 0.15) is 0 Å². The molecule has 4 nitrogen and oxygen atoms in total. The molecule has 1 fully saturated rings. The van der Waals surface area contributed by atoms with E-state index in [0.717, 1.165) is 37.4 Å². The summed E-state index contributed by atoms with van der Waals surface area (Å²) in [5.41, 5.74) is 3.11. The highest BCUT2D eigenvalue weighted by Gasteiger charge is 2.21. The Morgan fingerprint density at radius 3 is 2.52 bits per heavy atom. The van der Waals surface area contributed by atoms with Crippen LogP contribution in [0.3, 0.4) is 0 Å². The Hall–Kier alpha value is -2.33. The van der Waals surface area contributed by atoms with Crippen molar-refractivity contribution >= 4 is 17.3 Å². The molecule has 2 aromatic carbocycles. The summed E-state index contributed by atoms with van der Waals surface area (Å²) in [7, 11) is 0. The van der Waals surface area contributed by atoms with Gasteiger partial charge in [-0.25, -0.2) is 0 Å². The summed E-state index contributed by atoms with van der Waals surface area (Å²) < 4.78 is 5.36. The Labute approximate surface area is 136 Å². The van der Waals surface area contributed by atoms with E-state index in [1.54, 1.807) is 0 Å². The highest BCUT2D eigenvalue weighted by atomic mass is 16.5. The predicted octanol–water partition coefficient (Wildman–Crippen LogP) is 3.66. The minimum atomic E-state index is -0.0248. The molecule has 0 radical (unpaired) electrons. The molecule has 0 aromatic heterocycles. The van der Waals surface area contributed by atoms with Crippen LogP contribution in [0.1, 0.15) is 18.4 Å². The number of hydrogen-bond acceptors (Lipinski definition) is 3. The van der Waals surface area contributed by atoms with E-state index in [1.165, 1.54) is 5.56 Å². The van der Waals surface area contributed by atoms with Crippen LogP contribution in [0.5, 0.6) is 0 Å². The van der Waals surface area contributed by atoms with Gasteiger partial charge in [-0.1, -0.05) is 30.3 Å². The lowest BCUT2D eigenvalue weighted by Crippen LogP contribution is -2.30. The second-order valence-corrected chi connectivity index (χ2v) is 5.82. The lowest BCUT2D eigenvalue weighted by atomic mass is 10.0. The van der Waals surface area contributed by atoms with Gasteiger partial charge in [-0.3, -0.25) is 4.79 Å². The Bertz CT molecular complexity index is 620. The summed E-state index contributed by atoms with van der Waals surface area (Å²) in [4.78, 5) is 12.2. The van der Waals surface area contributed by atoms with Crippen LogP contribution in [0.15, 0.2) is 54.6 Å². The van der Waals surface area contributed by atoms with Crippen LogP contribution in [-0.4, -0.2) is 19.1 Å². The summed E-state index contributed by atoms with van der Waals surface area (Å²) in [6, 6.07) is 18.1. The molecular formula is C19H22N2O2. The number of ether oxygens (including phenoxy) is 1. The van der Waals surface area contributed by atoms with E-state index in [4.69, 9.17) is 4.74 Å². The van der Waals surface area contributed by atoms with Gasteiger partial charge in [0.05, 0.1) is 12.5 Å². The number of amides is 1. The molecule has 1 aliphatic heterocycles. The molecule has 1 amide bonds. The molecule has 1 atom stereocenters. The Balaban J connectivity index is 1.51. The quantitative estimate of drug-likeness (QED) is 0.886. The standard InChI is InChI=1S/C19H22N2O2/c22-19(16-5-4-12-23-14-16)21-18-10-8-15(9-11-18)13-20-17-6-2-1-3-7-17/h1-3,6-11,16,20H,4-5,12-14H2,(H,21,22)/t16-/m1/s1. The predicted molar refractivity (Wildman–Crippen MR) is 92.4 cm³/mol. The van der Waals surface area contributed by atoms with E-state index in [-0.39, 0.29) is 11.8 Å². The smallest absolute Gasteiger partial charge is 0.229 e. The molecule has 4 heteroatoms. The topological polar surface area (TPSA) is 50.4 Å². The summed E-state index contributed by atoms with van der Waals surface area (Å²) in [5.74, 6) is 0.0306. The Kier molecular flexibility index (Phi) is 5.27. The minimum Gasteiger partial charge on any atom is -0.381 e. The third-order valence-corrected chi connectivity index (χ3v) is 4.02. The molecule has 1 aliphatic rings. The van der Waals surface area contributed by atoms with Crippen molar-refractivity contribution in [3.05, 3.63) is 60.2 Å². The first-order chi connectivity index (χ1) is 11.3. The zero-order valence-corrected chi connectivity index (χ0v) is 13.1. The summed E-state index contributed by atoms with van der Waals surface area (Å²) >= 11 is 0. The fourth-order valence-corrected chi connectivity index (χ4v) is 2.66. The average Bonchev–Trinajstić information content (AvgIpc) is 2.63. The molecule has 2 aromatic rings. The third kappa shape index (κ3) is 4.57. The maximum atomic E-state index is 12.2. The summed E-state index contributed by atoms with van der Waals surface area (Å²) in [5, 5.41) is 6.34. The number of benzene rings is 2. The highest BCUT2D eigenvalue weighted by Crippen LogP contribution is 2.17. The van der Waals surface area contributed by atoms with Crippen molar-refractivity contribution in [1.82, 2.24) is 0 Å². The van der Waals surface area contributed by atoms with E-state index < -0.39 is 0 Å². The van der Waals surface area contributed by atoms with Gasteiger partial charge in [0.25, 0.3) is 0 Å². The molecule has 120 valence electrons. The molecule has 0 aliphatic carbocycles. The van der Waals surface area contributed by atoms with Gasteiger partial charge >= 0.3 is 0 Å². The first kappa shape index (κ1) is 15.6. The second kappa shape index (κ2) is 7.79. The van der Waals surface area contributed by atoms with Gasteiger partial charge in [-0.15, -0.1) is 0 Å². The maximum Gasteiger partial charge on any atom is 0.229 e. The number of anilines is 2. The lowest BCUT2D eigenvalue weighted by Gasteiger charge is -2.21. The molecule has 0 saturated carbocycles. The van der Waals surface area contributed by atoms with E-state index in [2.05, 4.69) is 10.6 Å². The van der Waals surface area contributed by atoms with Crippen LogP contribution in [0.25, 0.3) is 0 Å². The molecular weight excluding hydrogens is 288 g/mol. The second-order valence-electron chi connectivity index (χ2n) is 5.82. The normalized spacial score (nSPS) is 17.5. The number of nitrogens with one attached hydrogen (secondary N) is 2. The summed E-state index contributed by atoms with van der Waals surface area (Å²) in [6.45, 7) is 2.06. The molecule has 0 spiro atoms. The Morgan fingerprint density at radius 1 is 1.04 bits per heavy atom. The number of hydrogen-bond donors (Lipinski definition) is 2. The molecule has 1 saturated heterocycles. The Morgan fingerprint density at radius 2 is 1.83 bits per heavy atom. The molecule has 0 unspecified atom stereocenters. The van der Waals surface area contributed by atoms with Crippen molar-refractivity contribution in [2.24, 2.45) is 5.92 Å². The van der Waals surface area contributed by atoms with Crippen molar-refractivity contribution in [2.75, 3.05) is 23.8 Å². The van der Waals surface area contributed by atoms with Crippen LogP contribution in [0.4, 0.5) is 11.4 Å². The lowest BCUT2D eigenvalue weighted by molar-refractivity contribution is -0.123. The van der Waals surface area contributed by atoms with Crippen LogP contribution < -0.4 is 10.6 Å². The van der Waals surface area contributed by atoms with E-state index in [1.807, 2.05) is 54.6 Å². The molecule has 23 heavy (non-hydrogen) atoms. The van der Waals surface area contributed by atoms with Gasteiger partial charge in [-0.05, 0) is 42.7 Å². The van der Waals surface area contributed by atoms with Crippen LogP contribution >= 0.6 is 0 Å². The van der Waals surface area contributed by atoms with Gasteiger partial charge in [0.15, 0.2) is 0 Å². The zero-order chi connectivity index (χ0) is 15.9. The van der Waals surface area contributed by atoms with Crippen molar-refractivity contribution < 1.29 is 9.53 Å². The van der Waals surface area contributed by atoms with Gasteiger partial charge in [0.2, 0.25) is 5.91 Å². The third-order valence-electron chi connectivity index (χ3n) is 4.02. The fraction of sp³-hybridized carbons (Fsp3) is 0.316. The van der Waals surface area contributed by atoms with Crippen LogP contribution in [-0.2, 0) is 16.1 Å². The SMILES string of the molecule is O=C(Nc1ccc(CNc2ccccc2)cc1)[C@@H]1CCCOC1. The van der Waals surface area contributed by atoms with Gasteiger partial charge in [0, 0.05) is 24.5 Å². The van der Waals surface area contributed by atoms with Crippen LogP contribution in [0.2, 0.25) is 0 Å². The average molecular weight is 310 g/mol. The number of para-hydroxylation sites is 1. The molecule has 3 rings (SSSR count). The molecule has 0 bridgehead atoms. The van der Waals surface area contributed by atoms with Crippen molar-refractivity contribution in [2.45, 2.75) is 19.4 Å². The number of carbonyl (C=O) groups excluding carboxylic acids is 1. The van der Waals surface area contributed by atoms with Crippen molar-refractivity contribution in [3.63, 3.8) is 0 Å². The van der Waals surface area contributed by atoms with Crippen LogP contribution in [0, 0.1) is 5.92 Å². The van der Waals surface area contributed by atoms with Gasteiger partial charge < -0.3 is 15.4 Å². The number of carbonyl (C=O) groups is 1. The van der Waals surface area contributed by atoms with E-state index in [9.17, 15) is 4.79 Å². The zero-order valence-electron chi connectivity index (χ0n) is 13.1. The number of rotatable bonds is 5. The van der Waals surface area contributed by atoms with E-state index >= 15 is 0 Å². The van der Waals surface area contributed by atoms with Crippen molar-refractivity contribution in [1.29, 1.82) is 0 Å². The maximum absolute atomic E-state index is 12.2. The minimum absolute atomic E-state index is 0.0248. The molecule has 1 heterocycles. The first-order valence-electron chi connectivity index (χ1n) is 8.08. The highest BCUT2D eigenvalue weighted by molar-refractivity contribution is 5.92. The van der Waals surface area contributed by atoms with Gasteiger partial charge in [-0.2, -0.15) is 0 Å². The monoisotopic (exact) mass is 310 g/mol. The molecule has 2 N–H and O–H groups in total. The largest absolute Gasteiger partial charge is 0.381 e. The fourth-order valence-electron chi connectivity index (χ4n) is 2.66. The van der Waals surface area contributed by atoms with Crippen molar-refractivity contribution in [3.8, 4) is 0 Å². The summed E-state index contributed by atoms with van der Waals surface area (Å²) in [6.07, 6.45) is 1.87. The first-order valence-corrected chi connectivity index (χ1v) is 8.08.